The number of hydrogen-bond acceptors (Lipinski definition) is 4. The lowest BCUT2D eigenvalue weighted by Gasteiger charge is -2.24. The monoisotopic (exact) mass is 340 g/mol. The van der Waals surface area contributed by atoms with Crippen molar-refractivity contribution in [2.45, 2.75) is 19.5 Å². The average Bonchev–Trinajstić information content (AvgIpc) is 3.09. The van der Waals surface area contributed by atoms with Crippen molar-refractivity contribution in [2.24, 2.45) is 0 Å². The minimum Gasteiger partial charge on any atom is -0.497 e. The molecule has 0 aliphatic rings. The van der Waals surface area contributed by atoms with Crippen LogP contribution in [-0.4, -0.2) is 34.2 Å². The Balaban J connectivity index is 1.82. The van der Waals surface area contributed by atoms with Gasteiger partial charge in [0.25, 0.3) is 0 Å². The first-order valence-corrected chi connectivity index (χ1v) is 8.07. The molecule has 0 saturated heterocycles. The molecule has 1 atom stereocenters. The van der Waals surface area contributed by atoms with Crippen molar-refractivity contribution >= 4 is 0 Å². The number of benzene rings is 1. The Labute approximate surface area is 146 Å². The zero-order chi connectivity index (χ0) is 17.8. The van der Waals surface area contributed by atoms with Gasteiger partial charge in [0.1, 0.15) is 11.6 Å². The molecule has 6 heteroatoms. The topological polar surface area (TPSA) is 54.0 Å². The zero-order valence-corrected chi connectivity index (χ0v) is 14.5. The Morgan fingerprint density at radius 3 is 2.80 bits per heavy atom. The lowest BCUT2D eigenvalue weighted by atomic mass is 10.1. The van der Waals surface area contributed by atoms with Crippen molar-refractivity contribution < 1.29 is 9.13 Å². The third-order valence-corrected chi connectivity index (χ3v) is 4.36. The van der Waals surface area contributed by atoms with Gasteiger partial charge in [-0.15, -0.1) is 0 Å². The first kappa shape index (κ1) is 17.1. The van der Waals surface area contributed by atoms with Crippen LogP contribution in [0.25, 0.3) is 11.3 Å². The van der Waals surface area contributed by atoms with Gasteiger partial charge < -0.3 is 4.74 Å². The van der Waals surface area contributed by atoms with Gasteiger partial charge in [-0.1, -0.05) is 6.07 Å². The Bertz CT molecular complexity index is 834. The number of ether oxygens (including phenoxy) is 1. The molecule has 0 aliphatic heterocycles. The van der Waals surface area contributed by atoms with Crippen molar-refractivity contribution in [3.05, 3.63) is 65.9 Å². The van der Waals surface area contributed by atoms with Crippen LogP contribution in [0.15, 0.2) is 48.8 Å². The number of nitrogens with zero attached hydrogens (tertiary/aromatic N) is 3. The molecular formula is C19H21FN4O. The minimum atomic E-state index is -0.342. The van der Waals surface area contributed by atoms with Crippen LogP contribution >= 0.6 is 0 Å². The molecule has 3 aromatic rings. The zero-order valence-electron chi connectivity index (χ0n) is 14.5. The van der Waals surface area contributed by atoms with Crippen LogP contribution in [0, 0.1) is 5.82 Å². The predicted octanol–water partition coefficient (Wildman–Crippen LogP) is 3.81. The summed E-state index contributed by atoms with van der Waals surface area (Å²) in [4.78, 5) is 6.55. The number of rotatable bonds is 6. The fourth-order valence-corrected chi connectivity index (χ4v) is 2.74. The van der Waals surface area contributed by atoms with E-state index in [-0.39, 0.29) is 11.9 Å². The molecule has 130 valence electrons. The number of pyridine rings is 1. The van der Waals surface area contributed by atoms with Gasteiger partial charge in [0.05, 0.1) is 24.7 Å². The van der Waals surface area contributed by atoms with Gasteiger partial charge in [-0.2, -0.15) is 5.10 Å². The van der Waals surface area contributed by atoms with Crippen LogP contribution in [0.5, 0.6) is 5.75 Å². The van der Waals surface area contributed by atoms with E-state index in [1.165, 1.54) is 13.2 Å². The first-order chi connectivity index (χ1) is 12.1. The summed E-state index contributed by atoms with van der Waals surface area (Å²) in [5, 5.41) is 7.01. The van der Waals surface area contributed by atoms with Gasteiger partial charge in [-0.25, -0.2) is 4.39 Å². The molecule has 0 unspecified atom stereocenters. The Morgan fingerprint density at radius 2 is 2.12 bits per heavy atom. The molecule has 1 aromatic carbocycles. The quantitative estimate of drug-likeness (QED) is 0.741. The molecular weight excluding hydrogens is 319 g/mol. The van der Waals surface area contributed by atoms with Crippen LogP contribution in [0.3, 0.4) is 0 Å². The van der Waals surface area contributed by atoms with Crippen molar-refractivity contribution in [1.29, 1.82) is 0 Å². The fraction of sp³-hybridized carbons (Fsp3) is 0.263. The smallest absolute Gasteiger partial charge is 0.136 e. The molecule has 0 fully saturated rings. The normalized spacial score (nSPS) is 12.4. The van der Waals surface area contributed by atoms with E-state index in [1.54, 1.807) is 24.5 Å². The Hall–Kier alpha value is -2.73. The first-order valence-electron chi connectivity index (χ1n) is 8.07. The van der Waals surface area contributed by atoms with E-state index in [1.807, 2.05) is 25.2 Å². The second-order valence-electron chi connectivity index (χ2n) is 5.96. The number of H-pyrrole nitrogens is 1. The number of aromatic amines is 1. The highest BCUT2D eigenvalue weighted by molar-refractivity contribution is 5.64. The summed E-state index contributed by atoms with van der Waals surface area (Å²) in [6.07, 6.45) is 3.52. The van der Waals surface area contributed by atoms with Crippen LogP contribution in [0.4, 0.5) is 4.39 Å². The lowest BCUT2D eigenvalue weighted by Crippen LogP contribution is -2.22. The summed E-state index contributed by atoms with van der Waals surface area (Å²) < 4.78 is 19.5. The number of aromatic nitrogens is 3. The molecule has 25 heavy (non-hydrogen) atoms. The second-order valence-corrected chi connectivity index (χ2v) is 5.96. The molecule has 1 N–H and O–H groups in total. The van der Waals surface area contributed by atoms with E-state index in [9.17, 15) is 4.39 Å². The third-order valence-electron chi connectivity index (χ3n) is 4.36. The fourth-order valence-electron chi connectivity index (χ4n) is 2.74. The van der Waals surface area contributed by atoms with Crippen molar-refractivity contribution in [2.75, 3.05) is 14.2 Å². The van der Waals surface area contributed by atoms with Gasteiger partial charge in [-0.3, -0.25) is 15.0 Å². The average molecular weight is 340 g/mol. The minimum absolute atomic E-state index is 0.129. The molecule has 2 heterocycles. The summed E-state index contributed by atoms with van der Waals surface area (Å²) in [6.45, 7) is 2.71. The maximum Gasteiger partial charge on any atom is 0.136 e. The summed E-state index contributed by atoms with van der Waals surface area (Å²) in [6, 6.07) is 10.8. The van der Waals surface area contributed by atoms with Gasteiger partial charge in [0.2, 0.25) is 0 Å². The molecule has 0 aliphatic carbocycles. The van der Waals surface area contributed by atoms with E-state index in [2.05, 4.69) is 27.0 Å². The van der Waals surface area contributed by atoms with Crippen LogP contribution in [-0.2, 0) is 6.54 Å². The number of halogens is 1. The summed E-state index contributed by atoms with van der Waals surface area (Å²) in [7, 11) is 3.53. The molecule has 0 spiro atoms. The van der Waals surface area contributed by atoms with Crippen molar-refractivity contribution in [3.63, 3.8) is 0 Å². The summed E-state index contributed by atoms with van der Waals surface area (Å²) >= 11 is 0. The number of hydrogen-bond donors (Lipinski definition) is 1. The molecule has 3 rings (SSSR count). The molecule has 0 saturated carbocycles. The van der Waals surface area contributed by atoms with E-state index < -0.39 is 0 Å². The maximum atomic E-state index is 14.4. The SMILES string of the molecule is COc1ccc(-c2[nH]ncc2CN(C)[C@@H](C)c2ccccn2)c(F)c1. The third kappa shape index (κ3) is 3.69. The van der Waals surface area contributed by atoms with Crippen LogP contribution in [0.1, 0.15) is 24.2 Å². The van der Waals surface area contributed by atoms with Crippen LogP contribution in [0.2, 0.25) is 0 Å². The molecule has 2 aromatic heterocycles. The van der Waals surface area contributed by atoms with Crippen LogP contribution < -0.4 is 4.74 Å². The van der Waals surface area contributed by atoms with Crippen molar-refractivity contribution in [3.8, 4) is 17.0 Å². The molecule has 5 nitrogen and oxygen atoms in total. The predicted molar refractivity (Wildman–Crippen MR) is 94.7 cm³/mol. The van der Waals surface area contributed by atoms with Gasteiger partial charge in [0.15, 0.2) is 0 Å². The van der Waals surface area contributed by atoms with Gasteiger partial charge >= 0.3 is 0 Å². The molecule has 0 bridgehead atoms. The van der Waals surface area contributed by atoms with E-state index in [0.29, 0.717) is 23.6 Å². The molecule has 0 radical (unpaired) electrons. The highest BCUT2D eigenvalue weighted by atomic mass is 19.1. The highest BCUT2D eigenvalue weighted by Gasteiger charge is 2.18. The Kier molecular flexibility index (Phi) is 5.09. The van der Waals surface area contributed by atoms with Gasteiger partial charge in [0, 0.05) is 36.0 Å². The van der Waals surface area contributed by atoms with E-state index in [4.69, 9.17) is 4.74 Å². The lowest BCUT2D eigenvalue weighted by molar-refractivity contribution is 0.249. The maximum absolute atomic E-state index is 14.4. The van der Waals surface area contributed by atoms with E-state index >= 15 is 0 Å². The second kappa shape index (κ2) is 7.44. The van der Waals surface area contributed by atoms with E-state index in [0.717, 1.165) is 11.3 Å². The number of methoxy groups -OCH3 is 1. The Morgan fingerprint density at radius 1 is 1.28 bits per heavy atom. The van der Waals surface area contributed by atoms with Crippen molar-refractivity contribution in [1.82, 2.24) is 20.1 Å². The highest BCUT2D eigenvalue weighted by Crippen LogP contribution is 2.29. The standard InChI is InChI=1S/C19H21FN4O/c1-13(18-6-4-5-9-21-18)24(2)12-14-11-22-23-19(14)16-8-7-15(25-3)10-17(16)20/h4-11,13H,12H2,1-3H3,(H,22,23)/t13-/m0/s1. The van der Waals surface area contributed by atoms with Gasteiger partial charge in [-0.05, 0) is 38.2 Å². The number of nitrogens with one attached hydrogen (secondary N) is 1. The molecule has 0 amide bonds. The summed E-state index contributed by atoms with van der Waals surface area (Å²) in [5.41, 5.74) is 3.08. The largest absolute Gasteiger partial charge is 0.497 e. The summed E-state index contributed by atoms with van der Waals surface area (Å²) in [5.74, 6) is 0.147.